The largest absolute Gasteiger partial charge is 0.497 e. The molecule has 0 aliphatic rings. The van der Waals surface area contributed by atoms with Gasteiger partial charge in [0.1, 0.15) is 18.8 Å². The van der Waals surface area contributed by atoms with Crippen molar-refractivity contribution in [2.45, 2.75) is 13.1 Å². The molecule has 4 aromatic carbocycles. The fourth-order valence-corrected chi connectivity index (χ4v) is 4.34. The third-order valence-electron chi connectivity index (χ3n) is 5.85. The zero-order valence-electron chi connectivity index (χ0n) is 18.8. The molecule has 5 aromatic rings. The van der Waals surface area contributed by atoms with E-state index < -0.39 is 0 Å². The minimum atomic E-state index is 0.753. The molecule has 3 heteroatoms. The summed E-state index contributed by atoms with van der Waals surface area (Å²) in [5.74, 6) is 0.876. The first kappa shape index (κ1) is 20.8. The maximum Gasteiger partial charge on any atom is 0.245 e. The van der Waals surface area contributed by atoms with Crippen LogP contribution in [0.1, 0.15) is 11.1 Å². The Bertz CT molecular complexity index is 1330. The van der Waals surface area contributed by atoms with E-state index in [0.717, 1.165) is 18.8 Å². The first-order chi connectivity index (χ1) is 16.3. The molecule has 0 spiro atoms. The van der Waals surface area contributed by atoms with E-state index in [1.807, 2.05) is 6.07 Å². The van der Waals surface area contributed by atoms with E-state index in [2.05, 4.69) is 125 Å². The monoisotopic (exact) mass is 431 g/mol. The molecule has 0 N–H and O–H groups in total. The van der Waals surface area contributed by atoms with Gasteiger partial charge in [-0.15, -0.1) is 0 Å². The molecule has 0 aliphatic heterocycles. The van der Waals surface area contributed by atoms with Crippen LogP contribution in [0.5, 0.6) is 5.75 Å². The summed E-state index contributed by atoms with van der Waals surface area (Å²) >= 11 is 0. The van der Waals surface area contributed by atoms with E-state index in [1.54, 1.807) is 7.11 Å². The number of benzene rings is 4. The van der Waals surface area contributed by atoms with Gasteiger partial charge in [0.2, 0.25) is 6.33 Å². The average Bonchev–Trinajstić information content (AvgIpc) is 3.23. The Labute approximate surface area is 195 Å². The van der Waals surface area contributed by atoms with Crippen LogP contribution in [0, 0.1) is 0 Å². The summed E-state index contributed by atoms with van der Waals surface area (Å²) in [6.07, 6.45) is 2.25. The highest BCUT2D eigenvalue weighted by molar-refractivity contribution is 5.76. The maximum absolute atomic E-state index is 5.47. The van der Waals surface area contributed by atoms with Crippen LogP contribution in [0.15, 0.2) is 122 Å². The van der Waals surface area contributed by atoms with Crippen LogP contribution in [0.4, 0.5) is 0 Å². The van der Waals surface area contributed by atoms with Crippen molar-refractivity contribution in [3.63, 3.8) is 0 Å². The third kappa shape index (κ3) is 4.58. The number of imidazole rings is 1. The van der Waals surface area contributed by atoms with Gasteiger partial charge in [0.15, 0.2) is 11.4 Å². The summed E-state index contributed by atoms with van der Waals surface area (Å²) in [4.78, 5) is 0. The highest BCUT2D eigenvalue weighted by Gasteiger charge is 2.26. The lowest BCUT2D eigenvalue weighted by Gasteiger charge is -2.07. The molecule has 0 saturated carbocycles. The fraction of sp³-hybridized carbons (Fsp3) is 0.100. The number of hydrogen-bond donors (Lipinski definition) is 0. The van der Waals surface area contributed by atoms with Gasteiger partial charge in [0, 0.05) is 11.1 Å². The third-order valence-corrected chi connectivity index (χ3v) is 5.85. The smallest absolute Gasteiger partial charge is 0.245 e. The summed E-state index contributed by atoms with van der Waals surface area (Å²) in [7, 11) is 1.71. The van der Waals surface area contributed by atoms with Crippen LogP contribution < -0.4 is 9.30 Å². The molecule has 0 bridgehead atoms. The van der Waals surface area contributed by atoms with Gasteiger partial charge in [-0.05, 0) is 23.3 Å². The lowest BCUT2D eigenvalue weighted by molar-refractivity contribution is -0.677. The second-order valence-corrected chi connectivity index (χ2v) is 8.14. The van der Waals surface area contributed by atoms with Crippen LogP contribution in [0.25, 0.3) is 22.5 Å². The Morgan fingerprint density at radius 1 is 0.667 bits per heavy atom. The van der Waals surface area contributed by atoms with Gasteiger partial charge in [-0.1, -0.05) is 103 Å². The van der Waals surface area contributed by atoms with Crippen LogP contribution >= 0.6 is 0 Å². The first-order valence-corrected chi connectivity index (χ1v) is 11.2. The molecule has 33 heavy (non-hydrogen) atoms. The van der Waals surface area contributed by atoms with Crippen molar-refractivity contribution in [1.29, 1.82) is 0 Å². The Morgan fingerprint density at radius 3 is 1.94 bits per heavy atom. The maximum atomic E-state index is 5.47. The van der Waals surface area contributed by atoms with Gasteiger partial charge in [0.05, 0.1) is 7.11 Å². The lowest BCUT2D eigenvalue weighted by Crippen LogP contribution is -2.34. The van der Waals surface area contributed by atoms with E-state index >= 15 is 0 Å². The van der Waals surface area contributed by atoms with E-state index in [0.29, 0.717) is 0 Å². The molecule has 0 unspecified atom stereocenters. The zero-order valence-corrected chi connectivity index (χ0v) is 18.8. The molecule has 5 rings (SSSR count). The Hall–Kier alpha value is -4.11. The fourth-order valence-electron chi connectivity index (χ4n) is 4.34. The molecule has 1 aromatic heterocycles. The van der Waals surface area contributed by atoms with Crippen LogP contribution in [-0.2, 0) is 13.1 Å². The van der Waals surface area contributed by atoms with Crippen molar-refractivity contribution < 1.29 is 9.30 Å². The van der Waals surface area contributed by atoms with Crippen LogP contribution in [0.2, 0.25) is 0 Å². The number of nitrogens with zero attached hydrogens (tertiary/aromatic N) is 2. The average molecular weight is 432 g/mol. The SMILES string of the molecule is COc1cccc(C[n+]2cn(Cc3ccccc3)c(-c3ccccc3)c2-c2ccccc2)c1. The molecule has 0 saturated heterocycles. The Kier molecular flexibility index (Phi) is 6.03. The van der Waals surface area contributed by atoms with Crippen LogP contribution in [0.3, 0.4) is 0 Å². The number of methoxy groups -OCH3 is 1. The number of aromatic nitrogens is 2. The molecule has 0 fully saturated rings. The van der Waals surface area contributed by atoms with Crippen molar-refractivity contribution >= 4 is 0 Å². The molecule has 0 aliphatic carbocycles. The second-order valence-electron chi connectivity index (χ2n) is 8.14. The quantitative estimate of drug-likeness (QED) is 0.280. The summed E-state index contributed by atoms with van der Waals surface area (Å²) in [6, 6.07) is 40.3. The minimum Gasteiger partial charge on any atom is -0.497 e. The topological polar surface area (TPSA) is 18.0 Å². The Balaban J connectivity index is 1.70. The van der Waals surface area contributed by atoms with Gasteiger partial charge < -0.3 is 4.74 Å². The molecule has 0 radical (unpaired) electrons. The van der Waals surface area contributed by atoms with E-state index in [-0.39, 0.29) is 0 Å². The minimum absolute atomic E-state index is 0.753. The molecule has 1 heterocycles. The number of rotatable bonds is 7. The molecular weight excluding hydrogens is 404 g/mol. The van der Waals surface area contributed by atoms with Gasteiger partial charge in [-0.3, -0.25) is 0 Å². The van der Waals surface area contributed by atoms with Crippen molar-refractivity contribution in [1.82, 2.24) is 4.57 Å². The van der Waals surface area contributed by atoms with Gasteiger partial charge in [-0.2, -0.15) is 0 Å². The first-order valence-electron chi connectivity index (χ1n) is 11.2. The Morgan fingerprint density at radius 2 is 1.27 bits per heavy atom. The highest BCUT2D eigenvalue weighted by atomic mass is 16.5. The van der Waals surface area contributed by atoms with Crippen molar-refractivity contribution in [2.75, 3.05) is 7.11 Å². The number of ether oxygens (including phenoxy) is 1. The highest BCUT2D eigenvalue weighted by Crippen LogP contribution is 2.31. The van der Waals surface area contributed by atoms with E-state index in [1.165, 1.54) is 33.6 Å². The van der Waals surface area contributed by atoms with Crippen molar-refractivity contribution in [3.8, 4) is 28.3 Å². The van der Waals surface area contributed by atoms with Crippen molar-refractivity contribution in [3.05, 3.63) is 133 Å². The summed E-state index contributed by atoms with van der Waals surface area (Å²) < 4.78 is 10.2. The van der Waals surface area contributed by atoms with Gasteiger partial charge >= 0.3 is 0 Å². The second kappa shape index (κ2) is 9.58. The van der Waals surface area contributed by atoms with E-state index in [9.17, 15) is 0 Å². The predicted molar refractivity (Wildman–Crippen MR) is 133 cm³/mol. The van der Waals surface area contributed by atoms with Gasteiger partial charge in [-0.25, -0.2) is 9.13 Å². The summed E-state index contributed by atoms with van der Waals surface area (Å²) in [5, 5.41) is 0. The zero-order chi connectivity index (χ0) is 22.5. The summed E-state index contributed by atoms with van der Waals surface area (Å²) in [5.41, 5.74) is 7.31. The molecule has 0 atom stereocenters. The lowest BCUT2D eigenvalue weighted by atomic mass is 10.0. The summed E-state index contributed by atoms with van der Waals surface area (Å²) in [6.45, 7) is 1.55. The molecule has 0 amide bonds. The molecular formula is C30H27N2O+. The normalized spacial score (nSPS) is 10.8. The van der Waals surface area contributed by atoms with E-state index in [4.69, 9.17) is 4.74 Å². The predicted octanol–water partition coefficient (Wildman–Crippen LogP) is 6.21. The van der Waals surface area contributed by atoms with Crippen LogP contribution in [-0.4, -0.2) is 11.7 Å². The standard InChI is InChI=1S/C30H27N2O/c1-33-28-19-11-14-25(20-28)22-32-23-31(21-24-12-5-2-6-13-24)29(26-15-7-3-8-16-26)30(32)27-17-9-4-10-18-27/h2-20,23H,21-22H2,1H3/q+1. The molecule has 3 nitrogen and oxygen atoms in total. The number of hydrogen-bond acceptors (Lipinski definition) is 1. The molecule has 162 valence electrons. The van der Waals surface area contributed by atoms with Gasteiger partial charge in [0.25, 0.3) is 0 Å². The van der Waals surface area contributed by atoms with Crippen molar-refractivity contribution in [2.24, 2.45) is 0 Å².